The van der Waals surface area contributed by atoms with Gasteiger partial charge in [-0.05, 0) is 55.0 Å². The van der Waals surface area contributed by atoms with Gasteiger partial charge in [-0.15, -0.1) is 0 Å². The highest BCUT2D eigenvalue weighted by molar-refractivity contribution is 7.80. The van der Waals surface area contributed by atoms with Crippen molar-refractivity contribution in [3.8, 4) is 0 Å². The largest absolute Gasteiger partial charge is 0.367 e. The molecule has 0 aromatic heterocycles. The Labute approximate surface area is 191 Å². The maximum Gasteiger partial charge on any atom is 0.257 e. The third kappa shape index (κ3) is 6.15. The third-order valence-electron chi connectivity index (χ3n) is 4.96. The summed E-state index contributed by atoms with van der Waals surface area (Å²) in [6.07, 6.45) is 1.43. The summed E-state index contributed by atoms with van der Waals surface area (Å²) in [4.78, 5) is 28.3. The normalized spacial score (nSPS) is 13.6. The van der Waals surface area contributed by atoms with Gasteiger partial charge in [0.25, 0.3) is 5.91 Å². The van der Waals surface area contributed by atoms with Gasteiger partial charge in [-0.3, -0.25) is 14.9 Å². The zero-order valence-electron chi connectivity index (χ0n) is 17.2. The molecule has 0 saturated carbocycles. The molecule has 1 fully saturated rings. The number of anilines is 2. The van der Waals surface area contributed by atoms with E-state index >= 15 is 0 Å². The Morgan fingerprint density at radius 3 is 2.52 bits per heavy atom. The third-order valence-corrected chi connectivity index (χ3v) is 5.46. The van der Waals surface area contributed by atoms with Crippen molar-refractivity contribution >= 4 is 52.1 Å². The van der Waals surface area contributed by atoms with Gasteiger partial charge < -0.3 is 15.1 Å². The summed E-state index contributed by atoms with van der Waals surface area (Å²) < 4.78 is 13.3. The highest BCUT2D eigenvalue weighted by Gasteiger charge is 2.22. The van der Waals surface area contributed by atoms with E-state index in [9.17, 15) is 14.0 Å². The quantitative estimate of drug-likeness (QED) is 0.656. The van der Waals surface area contributed by atoms with Crippen LogP contribution in [0.5, 0.6) is 0 Å². The number of thiocarbonyl (C=S) groups is 1. The average molecular weight is 463 g/mol. The van der Waals surface area contributed by atoms with Gasteiger partial charge >= 0.3 is 0 Å². The molecule has 0 aliphatic carbocycles. The number of nitrogens with zero attached hydrogens (tertiary/aromatic N) is 2. The molecular weight excluding hydrogens is 439 g/mol. The first-order valence-corrected chi connectivity index (χ1v) is 10.9. The van der Waals surface area contributed by atoms with Gasteiger partial charge in [-0.2, -0.15) is 0 Å². The van der Waals surface area contributed by atoms with Crippen LogP contribution in [0.4, 0.5) is 15.8 Å². The minimum Gasteiger partial charge on any atom is -0.367 e. The molecule has 1 saturated heterocycles. The number of hydrogen-bond acceptors (Lipinski definition) is 4. The maximum absolute atomic E-state index is 13.3. The Bertz CT molecular complexity index is 980. The Hall–Kier alpha value is -2.71. The first-order chi connectivity index (χ1) is 14.9. The van der Waals surface area contributed by atoms with E-state index in [0.29, 0.717) is 43.3 Å². The van der Waals surface area contributed by atoms with Gasteiger partial charge in [0.1, 0.15) is 5.82 Å². The van der Waals surface area contributed by atoms with Gasteiger partial charge in [-0.25, -0.2) is 4.39 Å². The zero-order valence-corrected chi connectivity index (χ0v) is 18.7. The summed E-state index contributed by atoms with van der Waals surface area (Å²) in [7, 11) is 0. The van der Waals surface area contributed by atoms with Crippen LogP contribution < -0.4 is 15.5 Å². The molecule has 2 N–H and O–H groups in total. The van der Waals surface area contributed by atoms with E-state index in [0.717, 1.165) is 18.2 Å². The van der Waals surface area contributed by atoms with Crippen LogP contribution in [-0.4, -0.2) is 48.0 Å². The number of carbonyl (C=O) groups excluding carboxylic acids is 2. The lowest BCUT2D eigenvalue weighted by atomic mass is 10.2. The molecule has 9 heteroatoms. The van der Waals surface area contributed by atoms with Crippen molar-refractivity contribution < 1.29 is 14.0 Å². The standard InChI is InChI=1S/C22H24ClFN4O2S/c1-2-4-20(29)28-11-9-27(10-12-28)19-8-7-17(14-18(19)23)25-22(31)26-21(30)15-5-3-6-16(24)13-15/h3,5-8,13-14H,2,4,9-12H2,1H3,(H2,25,26,30,31). The smallest absolute Gasteiger partial charge is 0.257 e. The fourth-order valence-corrected chi connectivity index (χ4v) is 3.89. The minimum absolute atomic E-state index is 0.0844. The molecule has 1 aliphatic heterocycles. The molecule has 0 unspecified atom stereocenters. The van der Waals surface area contributed by atoms with Crippen LogP contribution in [0.25, 0.3) is 0 Å². The number of hydrogen-bond donors (Lipinski definition) is 2. The van der Waals surface area contributed by atoms with Crippen LogP contribution in [0.3, 0.4) is 0 Å². The highest BCUT2D eigenvalue weighted by atomic mass is 35.5. The molecule has 1 aliphatic rings. The first kappa shape index (κ1) is 23.0. The number of amides is 2. The van der Waals surface area contributed by atoms with Crippen molar-refractivity contribution in [2.75, 3.05) is 36.4 Å². The SMILES string of the molecule is CCCC(=O)N1CCN(c2ccc(NC(=S)NC(=O)c3cccc(F)c3)cc2Cl)CC1. The van der Waals surface area contributed by atoms with E-state index in [4.69, 9.17) is 23.8 Å². The predicted octanol–water partition coefficient (Wildman–Crippen LogP) is 4.05. The van der Waals surface area contributed by atoms with Crippen molar-refractivity contribution in [1.29, 1.82) is 0 Å². The summed E-state index contributed by atoms with van der Waals surface area (Å²) in [6, 6.07) is 10.8. The minimum atomic E-state index is -0.504. The first-order valence-electron chi connectivity index (χ1n) is 10.1. The van der Waals surface area contributed by atoms with Gasteiger partial charge in [0, 0.05) is 43.9 Å². The van der Waals surface area contributed by atoms with E-state index in [1.807, 2.05) is 24.0 Å². The lowest BCUT2D eigenvalue weighted by Gasteiger charge is -2.36. The van der Waals surface area contributed by atoms with E-state index < -0.39 is 11.7 Å². The molecule has 164 valence electrons. The van der Waals surface area contributed by atoms with E-state index in [2.05, 4.69) is 15.5 Å². The molecule has 31 heavy (non-hydrogen) atoms. The fraction of sp³-hybridized carbons (Fsp3) is 0.318. The summed E-state index contributed by atoms with van der Waals surface area (Å²) in [5.74, 6) is -0.804. The van der Waals surface area contributed by atoms with Crippen molar-refractivity contribution in [3.05, 3.63) is 58.9 Å². The molecule has 0 radical (unpaired) electrons. The molecular formula is C22H24ClFN4O2S. The van der Waals surface area contributed by atoms with E-state index in [1.54, 1.807) is 6.07 Å². The Morgan fingerprint density at radius 2 is 1.87 bits per heavy atom. The van der Waals surface area contributed by atoms with Gasteiger partial charge in [0.05, 0.1) is 10.7 Å². The van der Waals surface area contributed by atoms with Crippen molar-refractivity contribution in [2.45, 2.75) is 19.8 Å². The van der Waals surface area contributed by atoms with Crippen molar-refractivity contribution in [3.63, 3.8) is 0 Å². The average Bonchev–Trinajstić information content (AvgIpc) is 2.74. The lowest BCUT2D eigenvalue weighted by Crippen LogP contribution is -2.48. The summed E-state index contributed by atoms with van der Waals surface area (Å²) >= 11 is 11.7. The molecule has 2 aromatic rings. The lowest BCUT2D eigenvalue weighted by molar-refractivity contribution is -0.131. The van der Waals surface area contributed by atoms with E-state index in [-0.39, 0.29) is 16.6 Å². The van der Waals surface area contributed by atoms with Crippen LogP contribution in [0, 0.1) is 5.82 Å². The molecule has 0 bridgehead atoms. The number of piperazine rings is 1. The maximum atomic E-state index is 13.3. The second-order valence-electron chi connectivity index (χ2n) is 7.20. The van der Waals surface area contributed by atoms with E-state index in [1.165, 1.54) is 18.2 Å². The monoisotopic (exact) mass is 462 g/mol. The van der Waals surface area contributed by atoms with Crippen LogP contribution >= 0.6 is 23.8 Å². The molecule has 1 heterocycles. The Balaban J connectivity index is 1.56. The number of carbonyl (C=O) groups is 2. The summed E-state index contributed by atoms with van der Waals surface area (Å²) in [5.41, 5.74) is 1.67. The van der Waals surface area contributed by atoms with Crippen LogP contribution in [-0.2, 0) is 4.79 Å². The number of nitrogens with one attached hydrogen (secondary N) is 2. The second kappa shape index (κ2) is 10.5. The van der Waals surface area contributed by atoms with Crippen LogP contribution in [0.1, 0.15) is 30.1 Å². The highest BCUT2D eigenvalue weighted by Crippen LogP contribution is 2.29. The molecule has 2 amide bonds. The fourth-order valence-electron chi connectivity index (χ4n) is 3.38. The number of benzene rings is 2. The van der Waals surface area contributed by atoms with Gasteiger partial charge in [0.15, 0.2) is 5.11 Å². The molecule has 3 rings (SSSR count). The Morgan fingerprint density at radius 1 is 1.13 bits per heavy atom. The van der Waals surface area contributed by atoms with Crippen LogP contribution in [0.2, 0.25) is 5.02 Å². The molecule has 0 atom stereocenters. The molecule has 2 aromatic carbocycles. The second-order valence-corrected chi connectivity index (χ2v) is 8.02. The summed E-state index contributed by atoms with van der Waals surface area (Å²) in [6.45, 7) is 4.77. The van der Waals surface area contributed by atoms with Crippen molar-refractivity contribution in [1.82, 2.24) is 10.2 Å². The Kier molecular flexibility index (Phi) is 7.81. The predicted molar refractivity (Wildman–Crippen MR) is 125 cm³/mol. The molecule has 6 nitrogen and oxygen atoms in total. The summed E-state index contributed by atoms with van der Waals surface area (Å²) in [5, 5.41) is 6.06. The van der Waals surface area contributed by atoms with Gasteiger partial charge in [-0.1, -0.05) is 24.6 Å². The molecule has 0 spiro atoms. The van der Waals surface area contributed by atoms with Gasteiger partial charge in [0.2, 0.25) is 5.91 Å². The number of halogens is 2. The van der Waals surface area contributed by atoms with Crippen LogP contribution in [0.15, 0.2) is 42.5 Å². The number of rotatable bonds is 5. The topological polar surface area (TPSA) is 64.7 Å². The van der Waals surface area contributed by atoms with Crippen molar-refractivity contribution in [2.24, 2.45) is 0 Å². The zero-order chi connectivity index (χ0) is 22.4.